The summed E-state index contributed by atoms with van der Waals surface area (Å²) < 4.78 is 11.3. The predicted molar refractivity (Wildman–Crippen MR) is 91.5 cm³/mol. The lowest BCUT2D eigenvalue weighted by Gasteiger charge is -2.38. The summed E-state index contributed by atoms with van der Waals surface area (Å²) in [6, 6.07) is 3.69. The number of methoxy groups -OCH3 is 1. The van der Waals surface area contributed by atoms with Gasteiger partial charge >= 0.3 is 0 Å². The third-order valence-corrected chi connectivity index (χ3v) is 8.50. The van der Waals surface area contributed by atoms with Crippen LogP contribution in [0.1, 0.15) is 26.3 Å². The number of nitrogens with one attached hydrogen (secondary N) is 1. The van der Waals surface area contributed by atoms with Crippen molar-refractivity contribution >= 4 is 20.0 Å². The third-order valence-electron chi connectivity index (χ3n) is 4.02. The van der Waals surface area contributed by atoms with Crippen molar-refractivity contribution in [3.05, 3.63) is 23.9 Å². The molecule has 0 radical (unpaired) electrons. The monoisotopic (exact) mass is 324 g/mol. The average Bonchev–Trinajstić information content (AvgIpc) is 2.39. The lowest BCUT2D eigenvalue weighted by molar-refractivity contribution is -0.125. The van der Waals surface area contributed by atoms with Gasteiger partial charge in [-0.15, -0.1) is 0 Å². The van der Waals surface area contributed by atoms with Crippen molar-refractivity contribution in [1.29, 1.82) is 0 Å². The number of carbonyl (C=O) groups excluding carboxylic acids is 1. The van der Waals surface area contributed by atoms with E-state index in [-0.39, 0.29) is 17.6 Å². The molecule has 6 heteroatoms. The van der Waals surface area contributed by atoms with Crippen LogP contribution in [0.15, 0.2) is 18.3 Å². The van der Waals surface area contributed by atoms with E-state index in [0.29, 0.717) is 5.82 Å². The number of hydrogen-bond acceptors (Lipinski definition) is 4. The minimum atomic E-state index is -2.06. The first kappa shape index (κ1) is 18.8. The maximum Gasteiger partial charge on any atom is 0.255 e. The van der Waals surface area contributed by atoms with E-state index in [9.17, 15) is 4.79 Å². The zero-order valence-corrected chi connectivity index (χ0v) is 15.7. The Hall–Kier alpha value is -1.24. The highest BCUT2D eigenvalue weighted by Crippen LogP contribution is 2.37. The van der Waals surface area contributed by atoms with Gasteiger partial charge in [0.2, 0.25) is 0 Å². The lowest BCUT2D eigenvalue weighted by atomic mass is 10.2. The van der Waals surface area contributed by atoms with E-state index in [1.807, 2.05) is 13.0 Å². The van der Waals surface area contributed by atoms with Gasteiger partial charge < -0.3 is 14.5 Å². The molecule has 5 nitrogen and oxygen atoms in total. The van der Waals surface area contributed by atoms with Gasteiger partial charge in [0.25, 0.3) is 5.91 Å². The van der Waals surface area contributed by atoms with Gasteiger partial charge in [-0.2, -0.15) is 0 Å². The van der Waals surface area contributed by atoms with E-state index in [1.165, 1.54) is 0 Å². The molecule has 0 aliphatic heterocycles. The van der Waals surface area contributed by atoms with Crippen LogP contribution in [0.2, 0.25) is 18.1 Å². The van der Waals surface area contributed by atoms with E-state index in [0.717, 1.165) is 5.56 Å². The van der Waals surface area contributed by atoms with Crippen molar-refractivity contribution in [2.24, 2.45) is 0 Å². The minimum absolute atomic E-state index is 0.0291. The Labute approximate surface area is 134 Å². The Morgan fingerprint density at radius 3 is 2.45 bits per heavy atom. The maximum atomic E-state index is 12.5. The SMILES string of the molecule is COCC(O[Si](C)(C)C(C)(C)C)C(=O)Nc1ccc(C)cn1. The normalized spacial score (nSPS) is 13.8. The second-order valence-electron chi connectivity index (χ2n) is 7.03. The number of anilines is 1. The Bertz CT molecular complexity index is 495. The van der Waals surface area contributed by atoms with Gasteiger partial charge in [0, 0.05) is 13.3 Å². The molecular formula is C16H28N2O3Si. The number of aryl methyl sites for hydroxylation is 1. The van der Waals surface area contributed by atoms with E-state index in [4.69, 9.17) is 9.16 Å². The number of hydrogen-bond donors (Lipinski definition) is 1. The molecule has 0 bridgehead atoms. The summed E-state index contributed by atoms with van der Waals surface area (Å²) >= 11 is 0. The molecule has 0 fully saturated rings. The van der Waals surface area contributed by atoms with Gasteiger partial charge in [0.1, 0.15) is 11.9 Å². The predicted octanol–water partition coefficient (Wildman–Crippen LogP) is 3.37. The zero-order chi connectivity index (χ0) is 17.0. The van der Waals surface area contributed by atoms with E-state index in [2.05, 4.69) is 44.2 Å². The Balaban J connectivity index is 2.81. The molecule has 1 heterocycles. The zero-order valence-electron chi connectivity index (χ0n) is 14.7. The largest absolute Gasteiger partial charge is 0.403 e. The second kappa shape index (κ2) is 7.35. The van der Waals surface area contributed by atoms with Gasteiger partial charge in [0.15, 0.2) is 8.32 Å². The summed E-state index contributed by atoms with van der Waals surface area (Å²) in [4.78, 5) is 16.6. The van der Waals surface area contributed by atoms with Crippen LogP contribution in [0.5, 0.6) is 0 Å². The van der Waals surface area contributed by atoms with E-state index in [1.54, 1.807) is 19.4 Å². The molecule has 1 N–H and O–H groups in total. The number of carbonyl (C=O) groups is 1. The summed E-state index contributed by atoms with van der Waals surface area (Å²) in [6.07, 6.45) is 1.09. The molecule has 1 aromatic rings. The summed E-state index contributed by atoms with van der Waals surface area (Å²) in [7, 11) is -0.487. The highest BCUT2D eigenvalue weighted by atomic mass is 28.4. The first-order chi connectivity index (χ1) is 10.1. The standard InChI is InChI=1S/C16H28N2O3Si/c1-12-8-9-14(17-10-12)18-15(19)13(11-20-5)21-22(6,7)16(2,3)4/h8-10,13H,11H2,1-7H3,(H,17,18,19). The van der Waals surface area contributed by atoms with Crippen molar-refractivity contribution in [1.82, 2.24) is 4.98 Å². The quantitative estimate of drug-likeness (QED) is 0.815. The lowest BCUT2D eigenvalue weighted by Crippen LogP contribution is -2.48. The fourth-order valence-electron chi connectivity index (χ4n) is 1.60. The molecule has 1 rings (SSSR count). The summed E-state index contributed by atoms with van der Waals surface area (Å²) in [5, 5.41) is 2.82. The summed E-state index contributed by atoms with van der Waals surface area (Å²) in [5.74, 6) is 0.304. The Kier molecular flexibility index (Phi) is 6.28. The fraction of sp³-hybridized carbons (Fsp3) is 0.625. The highest BCUT2D eigenvalue weighted by molar-refractivity contribution is 6.74. The molecule has 22 heavy (non-hydrogen) atoms. The smallest absolute Gasteiger partial charge is 0.255 e. The van der Waals surface area contributed by atoms with Crippen molar-refractivity contribution in [3.63, 3.8) is 0 Å². The van der Waals surface area contributed by atoms with Crippen molar-refractivity contribution in [3.8, 4) is 0 Å². The molecule has 1 amide bonds. The molecule has 0 aromatic carbocycles. The molecule has 124 valence electrons. The number of pyridine rings is 1. The number of aromatic nitrogens is 1. The Morgan fingerprint density at radius 1 is 1.36 bits per heavy atom. The van der Waals surface area contributed by atoms with Gasteiger partial charge in [-0.3, -0.25) is 4.79 Å². The first-order valence-corrected chi connectivity index (χ1v) is 10.4. The van der Waals surface area contributed by atoms with Crippen molar-refractivity contribution in [2.45, 2.75) is 51.9 Å². The topological polar surface area (TPSA) is 60.5 Å². The molecule has 0 aliphatic carbocycles. The van der Waals surface area contributed by atoms with Crippen LogP contribution in [-0.2, 0) is 14.0 Å². The second-order valence-corrected chi connectivity index (χ2v) is 11.8. The number of nitrogens with zero attached hydrogens (tertiary/aromatic N) is 1. The van der Waals surface area contributed by atoms with E-state index >= 15 is 0 Å². The summed E-state index contributed by atoms with van der Waals surface area (Å²) in [5.41, 5.74) is 1.05. The molecule has 0 aliphatic rings. The van der Waals surface area contributed by atoms with Gasteiger partial charge in [-0.05, 0) is 36.7 Å². The van der Waals surface area contributed by atoms with E-state index < -0.39 is 14.4 Å². The molecule has 1 atom stereocenters. The van der Waals surface area contributed by atoms with Crippen molar-refractivity contribution in [2.75, 3.05) is 19.0 Å². The molecule has 1 unspecified atom stereocenters. The molecule has 1 aromatic heterocycles. The first-order valence-electron chi connectivity index (χ1n) is 7.47. The summed E-state index contributed by atoms with van der Waals surface area (Å²) in [6.45, 7) is 12.8. The van der Waals surface area contributed by atoms with Crippen LogP contribution in [0, 0.1) is 6.92 Å². The molecule has 0 spiro atoms. The maximum absolute atomic E-state index is 12.5. The highest BCUT2D eigenvalue weighted by Gasteiger charge is 2.40. The van der Waals surface area contributed by atoms with Gasteiger partial charge in [-0.25, -0.2) is 4.98 Å². The fourth-order valence-corrected chi connectivity index (χ4v) is 2.84. The average molecular weight is 324 g/mol. The van der Waals surface area contributed by atoms with Crippen LogP contribution >= 0.6 is 0 Å². The number of amides is 1. The van der Waals surface area contributed by atoms with Crippen LogP contribution in [-0.4, -0.2) is 39.0 Å². The van der Waals surface area contributed by atoms with Crippen LogP contribution in [0.4, 0.5) is 5.82 Å². The Morgan fingerprint density at radius 2 is 2.00 bits per heavy atom. The number of rotatable bonds is 6. The molecular weight excluding hydrogens is 296 g/mol. The van der Waals surface area contributed by atoms with Gasteiger partial charge in [0.05, 0.1) is 6.61 Å². The van der Waals surface area contributed by atoms with Crippen LogP contribution in [0.25, 0.3) is 0 Å². The van der Waals surface area contributed by atoms with Gasteiger partial charge in [-0.1, -0.05) is 26.8 Å². The number of ether oxygens (including phenoxy) is 1. The van der Waals surface area contributed by atoms with Crippen LogP contribution in [0.3, 0.4) is 0 Å². The minimum Gasteiger partial charge on any atom is -0.403 e. The van der Waals surface area contributed by atoms with Crippen molar-refractivity contribution < 1.29 is 14.0 Å². The molecule has 0 saturated heterocycles. The molecule has 0 saturated carbocycles. The van der Waals surface area contributed by atoms with Crippen LogP contribution < -0.4 is 5.32 Å². The third kappa shape index (κ3) is 5.19.